The number of hydrogen-bond donors (Lipinski definition) is 1. The van der Waals surface area contributed by atoms with Crippen LogP contribution in [0.1, 0.15) is 16.8 Å². The zero-order valence-electron chi connectivity index (χ0n) is 10.8. The molecule has 0 bridgehead atoms. The molecule has 0 amide bonds. The van der Waals surface area contributed by atoms with Crippen molar-refractivity contribution in [2.24, 2.45) is 0 Å². The second-order valence-corrected chi connectivity index (χ2v) is 4.22. The Balaban J connectivity index is 2.13. The lowest BCUT2D eigenvalue weighted by atomic mass is 10.1. The summed E-state index contributed by atoms with van der Waals surface area (Å²) in [5.74, 6) is 0. The Morgan fingerprint density at radius 2 is 2.20 bits per heavy atom. The number of nitrogens with one attached hydrogen (secondary N) is 1. The summed E-state index contributed by atoms with van der Waals surface area (Å²) in [6, 6.07) is 10.3. The zero-order valence-corrected chi connectivity index (χ0v) is 10.8. The molecule has 1 aromatic heterocycles. The summed E-state index contributed by atoms with van der Waals surface area (Å²) in [4.78, 5) is 14.4. The van der Waals surface area contributed by atoms with Gasteiger partial charge in [0, 0.05) is 18.2 Å². The number of anilines is 1. The number of nitrogens with zero attached hydrogens (tertiary/aromatic N) is 3. The molecular weight excluding hydrogens is 256 g/mol. The van der Waals surface area contributed by atoms with Crippen LogP contribution in [0.3, 0.4) is 0 Å². The van der Waals surface area contributed by atoms with Crippen molar-refractivity contribution in [1.82, 2.24) is 4.98 Å². The van der Waals surface area contributed by atoms with Crippen LogP contribution in [-0.2, 0) is 6.54 Å². The monoisotopic (exact) mass is 268 g/mol. The molecule has 0 aliphatic carbocycles. The fourth-order valence-corrected chi connectivity index (χ4v) is 1.82. The highest BCUT2D eigenvalue weighted by Gasteiger charge is 2.12. The van der Waals surface area contributed by atoms with E-state index in [-0.39, 0.29) is 10.6 Å². The van der Waals surface area contributed by atoms with Gasteiger partial charge < -0.3 is 5.32 Å². The SMILES string of the molecule is Cc1c(CNc2ccc(C#N)nc2)cccc1[N+](=O)[O-]. The van der Waals surface area contributed by atoms with Crippen LogP contribution in [0.2, 0.25) is 0 Å². The van der Waals surface area contributed by atoms with Gasteiger partial charge >= 0.3 is 0 Å². The minimum Gasteiger partial charge on any atom is -0.380 e. The molecule has 1 heterocycles. The Hall–Kier alpha value is -2.94. The van der Waals surface area contributed by atoms with Crippen LogP contribution in [0.4, 0.5) is 11.4 Å². The van der Waals surface area contributed by atoms with E-state index in [9.17, 15) is 10.1 Å². The highest BCUT2D eigenvalue weighted by molar-refractivity contribution is 5.48. The van der Waals surface area contributed by atoms with E-state index >= 15 is 0 Å². The third kappa shape index (κ3) is 2.90. The van der Waals surface area contributed by atoms with Gasteiger partial charge in [0.25, 0.3) is 5.69 Å². The first-order valence-corrected chi connectivity index (χ1v) is 5.94. The summed E-state index contributed by atoms with van der Waals surface area (Å²) >= 11 is 0. The number of hydrogen-bond acceptors (Lipinski definition) is 5. The van der Waals surface area contributed by atoms with Gasteiger partial charge in [-0.1, -0.05) is 12.1 Å². The minimum atomic E-state index is -0.387. The molecule has 0 aliphatic heterocycles. The normalized spacial score (nSPS) is 9.80. The molecule has 1 aromatic carbocycles. The first-order chi connectivity index (χ1) is 9.61. The summed E-state index contributed by atoms with van der Waals surface area (Å²) in [5, 5.41) is 22.6. The van der Waals surface area contributed by atoms with E-state index in [1.54, 1.807) is 31.3 Å². The van der Waals surface area contributed by atoms with Crippen molar-refractivity contribution in [3.05, 3.63) is 63.5 Å². The summed E-state index contributed by atoms with van der Waals surface area (Å²) in [5.41, 5.74) is 2.72. The summed E-state index contributed by atoms with van der Waals surface area (Å²) < 4.78 is 0. The average molecular weight is 268 g/mol. The Bertz CT molecular complexity index is 675. The molecule has 6 heteroatoms. The van der Waals surface area contributed by atoms with Crippen LogP contribution in [0, 0.1) is 28.4 Å². The van der Waals surface area contributed by atoms with E-state index in [0.29, 0.717) is 17.8 Å². The molecule has 0 unspecified atom stereocenters. The molecule has 0 atom stereocenters. The third-order valence-corrected chi connectivity index (χ3v) is 2.98. The predicted molar refractivity (Wildman–Crippen MR) is 74.1 cm³/mol. The van der Waals surface area contributed by atoms with Gasteiger partial charge in [0.1, 0.15) is 11.8 Å². The van der Waals surface area contributed by atoms with Crippen LogP contribution in [-0.4, -0.2) is 9.91 Å². The maximum atomic E-state index is 10.9. The fourth-order valence-electron chi connectivity index (χ4n) is 1.82. The van der Waals surface area contributed by atoms with Crippen molar-refractivity contribution >= 4 is 11.4 Å². The fraction of sp³-hybridized carbons (Fsp3) is 0.143. The maximum Gasteiger partial charge on any atom is 0.272 e. The van der Waals surface area contributed by atoms with Crippen molar-refractivity contribution in [2.75, 3.05) is 5.32 Å². The van der Waals surface area contributed by atoms with Crippen molar-refractivity contribution in [1.29, 1.82) is 5.26 Å². The van der Waals surface area contributed by atoms with E-state index in [4.69, 9.17) is 5.26 Å². The predicted octanol–water partition coefficient (Wildman–Crippen LogP) is 2.78. The molecule has 2 aromatic rings. The van der Waals surface area contributed by atoms with E-state index < -0.39 is 0 Å². The summed E-state index contributed by atoms with van der Waals surface area (Å²) in [6.45, 7) is 2.19. The van der Waals surface area contributed by atoms with Gasteiger partial charge in [-0.2, -0.15) is 5.26 Å². The highest BCUT2D eigenvalue weighted by atomic mass is 16.6. The highest BCUT2D eigenvalue weighted by Crippen LogP contribution is 2.21. The van der Waals surface area contributed by atoms with Gasteiger partial charge in [0.15, 0.2) is 0 Å². The molecule has 0 spiro atoms. The third-order valence-electron chi connectivity index (χ3n) is 2.98. The average Bonchev–Trinajstić information content (AvgIpc) is 2.46. The number of aromatic nitrogens is 1. The molecule has 0 fully saturated rings. The van der Waals surface area contributed by atoms with Crippen molar-refractivity contribution < 1.29 is 4.92 Å². The van der Waals surface area contributed by atoms with Crippen LogP contribution >= 0.6 is 0 Å². The molecule has 20 heavy (non-hydrogen) atoms. The van der Waals surface area contributed by atoms with Crippen LogP contribution in [0.15, 0.2) is 36.5 Å². The zero-order chi connectivity index (χ0) is 14.5. The number of nitriles is 1. The lowest BCUT2D eigenvalue weighted by Crippen LogP contribution is -2.03. The van der Waals surface area contributed by atoms with Gasteiger partial charge in [0.2, 0.25) is 0 Å². The number of nitro benzene ring substituents is 1. The second kappa shape index (κ2) is 5.80. The van der Waals surface area contributed by atoms with Crippen LogP contribution < -0.4 is 5.32 Å². The van der Waals surface area contributed by atoms with Gasteiger partial charge in [-0.25, -0.2) is 4.98 Å². The standard InChI is InChI=1S/C14H12N4O2/c1-10-11(3-2-4-14(10)18(19)20)8-16-13-6-5-12(7-15)17-9-13/h2-6,9,16H,8H2,1H3. The molecule has 100 valence electrons. The molecule has 0 radical (unpaired) electrons. The topological polar surface area (TPSA) is 91.8 Å². The van der Waals surface area contributed by atoms with Gasteiger partial charge in [-0.05, 0) is 24.6 Å². The molecule has 2 rings (SSSR count). The quantitative estimate of drug-likeness (QED) is 0.680. The van der Waals surface area contributed by atoms with E-state index in [2.05, 4.69) is 10.3 Å². The van der Waals surface area contributed by atoms with E-state index in [1.807, 2.05) is 12.1 Å². The van der Waals surface area contributed by atoms with Crippen molar-refractivity contribution in [3.8, 4) is 6.07 Å². The van der Waals surface area contributed by atoms with Gasteiger partial charge in [0.05, 0.1) is 16.8 Å². The summed E-state index contributed by atoms with van der Waals surface area (Å²) in [7, 11) is 0. The second-order valence-electron chi connectivity index (χ2n) is 4.22. The Morgan fingerprint density at radius 1 is 1.40 bits per heavy atom. The number of benzene rings is 1. The van der Waals surface area contributed by atoms with Crippen LogP contribution in [0.25, 0.3) is 0 Å². The lowest BCUT2D eigenvalue weighted by molar-refractivity contribution is -0.385. The smallest absolute Gasteiger partial charge is 0.272 e. The molecular formula is C14H12N4O2. The first-order valence-electron chi connectivity index (χ1n) is 5.94. The summed E-state index contributed by atoms with van der Waals surface area (Å²) in [6.07, 6.45) is 1.56. The van der Waals surface area contributed by atoms with Gasteiger partial charge in [-0.15, -0.1) is 0 Å². The van der Waals surface area contributed by atoms with E-state index in [1.165, 1.54) is 6.07 Å². The first kappa shape index (κ1) is 13.5. The molecule has 0 saturated heterocycles. The largest absolute Gasteiger partial charge is 0.380 e. The number of nitro groups is 1. The van der Waals surface area contributed by atoms with Gasteiger partial charge in [-0.3, -0.25) is 10.1 Å². The van der Waals surface area contributed by atoms with E-state index in [0.717, 1.165) is 11.3 Å². The molecule has 0 saturated carbocycles. The molecule has 6 nitrogen and oxygen atoms in total. The van der Waals surface area contributed by atoms with Crippen LogP contribution in [0.5, 0.6) is 0 Å². The minimum absolute atomic E-state index is 0.113. The number of pyridine rings is 1. The molecule has 0 aliphatic rings. The molecule has 1 N–H and O–H groups in total. The maximum absolute atomic E-state index is 10.9. The Kier molecular flexibility index (Phi) is 3.91. The van der Waals surface area contributed by atoms with Crippen molar-refractivity contribution in [2.45, 2.75) is 13.5 Å². The number of rotatable bonds is 4. The Labute approximate surface area is 115 Å². The van der Waals surface area contributed by atoms with Crippen molar-refractivity contribution in [3.63, 3.8) is 0 Å². The Morgan fingerprint density at radius 3 is 2.80 bits per heavy atom. The lowest BCUT2D eigenvalue weighted by Gasteiger charge is -2.09.